The number of imide groups is 1. The second-order valence-corrected chi connectivity index (χ2v) is 5.94. The SMILES string of the molecule is Nc1cc(Nc2cccc(Cl)c2)nc2c(/C=C3/NC(=O)NC3=O)cnn12. The summed E-state index contributed by atoms with van der Waals surface area (Å²) in [5.41, 5.74) is 7.85. The number of rotatable bonds is 3. The van der Waals surface area contributed by atoms with E-state index >= 15 is 0 Å². The molecule has 26 heavy (non-hydrogen) atoms. The Labute approximate surface area is 151 Å². The smallest absolute Gasteiger partial charge is 0.326 e. The molecule has 0 unspecified atom stereocenters. The van der Waals surface area contributed by atoms with Crippen molar-refractivity contribution < 1.29 is 9.59 Å². The first kappa shape index (κ1) is 15.9. The van der Waals surface area contributed by atoms with Crippen LogP contribution in [0.1, 0.15) is 5.56 Å². The minimum Gasteiger partial charge on any atom is -0.383 e. The van der Waals surface area contributed by atoms with Crippen LogP contribution in [0.25, 0.3) is 11.7 Å². The zero-order valence-corrected chi connectivity index (χ0v) is 13.9. The fourth-order valence-electron chi connectivity index (χ4n) is 2.52. The average molecular weight is 370 g/mol. The maximum atomic E-state index is 11.7. The van der Waals surface area contributed by atoms with Gasteiger partial charge in [0.2, 0.25) is 0 Å². The van der Waals surface area contributed by atoms with Crippen LogP contribution in [0.2, 0.25) is 5.02 Å². The lowest BCUT2D eigenvalue weighted by Gasteiger charge is -2.08. The van der Waals surface area contributed by atoms with Crippen molar-refractivity contribution in [3.63, 3.8) is 0 Å². The fraction of sp³-hybridized carbons (Fsp3) is 0. The van der Waals surface area contributed by atoms with Gasteiger partial charge in [-0.05, 0) is 24.3 Å². The summed E-state index contributed by atoms with van der Waals surface area (Å²) in [5, 5.41) is 12.4. The standard InChI is InChI=1S/C16H12ClN7O2/c17-9-2-1-3-10(5-9)20-13-6-12(18)24-14(22-13)8(7-19-24)4-11-15(25)23-16(26)21-11/h1-7H,18H2,(H,20,22)(H2,21,23,25,26)/b11-4+. The molecule has 0 radical (unpaired) electrons. The summed E-state index contributed by atoms with van der Waals surface area (Å²) in [7, 11) is 0. The van der Waals surface area contributed by atoms with Gasteiger partial charge in [-0.3, -0.25) is 10.1 Å². The molecule has 10 heteroatoms. The van der Waals surface area contributed by atoms with E-state index in [4.69, 9.17) is 17.3 Å². The summed E-state index contributed by atoms with van der Waals surface area (Å²) in [6.45, 7) is 0. The average Bonchev–Trinajstić information content (AvgIpc) is 3.11. The van der Waals surface area contributed by atoms with E-state index in [2.05, 4.69) is 26.0 Å². The van der Waals surface area contributed by atoms with Crippen molar-refractivity contribution in [1.29, 1.82) is 0 Å². The zero-order valence-electron chi connectivity index (χ0n) is 13.2. The molecule has 5 N–H and O–H groups in total. The molecule has 3 aromatic rings. The molecule has 1 aromatic carbocycles. The van der Waals surface area contributed by atoms with Crippen LogP contribution >= 0.6 is 11.6 Å². The van der Waals surface area contributed by atoms with Gasteiger partial charge in [-0.1, -0.05) is 17.7 Å². The summed E-state index contributed by atoms with van der Waals surface area (Å²) >= 11 is 5.99. The zero-order chi connectivity index (χ0) is 18.3. The lowest BCUT2D eigenvalue weighted by atomic mass is 10.2. The molecule has 1 aliphatic heterocycles. The Kier molecular flexibility index (Phi) is 3.70. The van der Waals surface area contributed by atoms with E-state index in [1.54, 1.807) is 18.2 Å². The summed E-state index contributed by atoms with van der Waals surface area (Å²) in [6.07, 6.45) is 2.99. The van der Waals surface area contributed by atoms with Crippen molar-refractivity contribution in [2.75, 3.05) is 11.1 Å². The van der Waals surface area contributed by atoms with Gasteiger partial charge in [0.15, 0.2) is 5.65 Å². The highest BCUT2D eigenvalue weighted by Gasteiger charge is 2.23. The number of amides is 3. The van der Waals surface area contributed by atoms with Gasteiger partial charge >= 0.3 is 6.03 Å². The molecule has 1 fully saturated rings. The van der Waals surface area contributed by atoms with Gasteiger partial charge < -0.3 is 16.4 Å². The normalized spacial score (nSPS) is 15.3. The molecule has 1 aliphatic rings. The number of nitrogens with two attached hydrogens (primary N) is 1. The van der Waals surface area contributed by atoms with Crippen LogP contribution in [0.3, 0.4) is 0 Å². The minimum atomic E-state index is -0.575. The molecule has 0 atom stereocenters. The van der Waals surface area contributed by atoms with Gasteiger partial charge in [-0.2, -0.15) is 9.61 Å². The second kappa shape index (κ2) is 6.05. The molecule has 0 saturated carbocycles. The lowest BCUT2D eigenvalue weighted by molar-refractivity contribution is -0.115. The van der Waals surface area contributed by atoms with Crippen LogP contribution in [0, 0.1) is 0 Å². The number of halogens is 1. The van der Waals surface area contributed by atoms with E-state index in [9.17, 15) is 9.59 Å². The number of hydrogen-bond donors (Lipinski definition) is 4. The lowest BCUT2D eigenvalue weighted by Crippen LogP contribution is -2.22. The van der Waals surface area contributed by atoms with Gasteiger partial charge in [0.1, 0.15) is 17.3 Å². The number of carbonyl (C=O) groups is 2. The minimum absolute atomic E-state index is 0.110. The molecular formula is C16H12ClN7O2. The molecule has 4 rings (SSSR count). The van der Waals surface area contributed by atoms with Gasteiger partial charge in [-0.15, -0.1) is 0 Å². The molecule has 9 nitrogen and oxygen atoms in total. The van der Waals surface area contributed by atoms with Gasteiger partial charge in [0, 0.05) is 22.3 Å². The van der Waals surface area contributed by atoms with E-state index in [1.165, 1.54) is 16.8 Å². The first-order valence-electron chi connectivity index (χ1n) is 7.50. The highest BCUT2D eigenvalue weighted by atomic mass is 35.5. The molecule has 3 heterocycles. The van der Waals surface area contributed by atoms with Crippen molar-refractivity contribution in [1.82, 2.24) is 25.2 Å². The second-order valence-electron chi connectivity index (χ2n) is 5.50. The van der Waals surface area contributed by atoms with Gasteiger partial charge in [0.05, 0.1) is 6.20 Å². The van der Waals surface area contributed by atoms with Crippen molar-refractivity contribution >= 4 is 52.6 Å². The highest BCUT2D eigenvalue weighted by Crippen LogP contribution is 2.23. The number of anilines is 3. The van der Waals surface area contributed by atoms with E-state index in [0.717, 1.165) is 5.69 Å². The predicted octanol–water partition coefficient (Wildman–Crippen LogP) is 1.89. The number of carbonyl (C=O) groups excluding carboxylic acids is 2. The third kappa shape index (κ3) is 2.91. The third-order valence-electron chi connectivity index (χ3n) is 3.64. The quantitative estimate of drug-likeness (QED) is 0.412. The number of nitrogens with zero attached hydrogens (tertiary/aromatic N) is 3. The maximum Gasteiger partial charge on any atom is 0.326 e. The Morgan fingerprint density at radius 2 is 2.08 bits per heavy atom. The van der Waals surface area contributed by atoms with Crippen LogP contribution in [0.15, 0.2) is 42.2 Å². The largest absolute Gasteiger partial charge is 0.383 e. The predicted molar refractivity (Wildman–Crippen MR) is 96.8 cm³/mol. The topological polar surface area (TPSA) is 126 Å². The number of nitrogens with one attached hydrogen (secondary N) is 3. The Morgan fingerprint density at radius 3 is 2.81 bits per heavy atom. The first-order chi connectivity index (χ1) is 12.5. The van der Waals surface area contributed by atoms with Crippen LogP contribution in [0.5, 0.6) is 0 Å². The summed E-state index contributed by atoms with van der Waals surface area (Å²) in [5.74, 6) is 0.317. The van der Waals surface area contributed by atoms with Crippen LogP contribution in [-0.4, -0.2) is 26.5 Å². The molecule has 2 aromatic heterocycles. The van der Waals surface area contributed by atoms with Crippen LogP contribution < -0.4 is 21.7 Å². The Morgan fingerprint density at radius 1 is 1.23 bits per heavy atom. The Hall–Kier alpha value is -3.59. The number of urea groups is 1. The number of hydrogen-bond acceptors (Lipinski definition) is 6. The summed E-state index contributed by atoms with van der Waals surface area (Å²) in [6, 6.07) is 8.21. The van der Waals surface area contributed by atoms with Crippen molar-refractivity contribution in [2.24, 2.45) is 0 Å². The Balaban J connectivity index is 1.75. The van der Waals surface area contributed by atoms with Gasteiger partial charge in [-0.25, -0.2) is 9.78 Å². The first-order valence-corrected chi connectivity index (χ1v) is 7.88. The molecule has 1 saturated heterocycles. The molecule has 3 amide bonds. The van der Waals surface area contributed by atoms with Crippen molar-refractivity contribution in [3.8, 4) is 0 Å². The fourth-order valence-corrected chi connectivity index (χ4v) is 2.71. The van der Waals surface area contributed by atoms with Crippen molar-refractivity contribution in [2.45, 2.75) is 0 Å². The molecule has 0 aliphatic carbocycles. The monoisotopic (exact) mass is 369 g/mol. The summed E-state index contributed by atoms with van der Waals surface area (Å²) < 4.78 is 1.43. The highest BCUT2D eigenvalue weighted by molar-refractivity contribution is 6.30. The van der Waals surface area contributed by atoms with E-state index in [1.807, 2.05) is 12.1 Å². The third-order valence-corrected chi connectivity index (χ3v) is 3.88. The Bertz CT molecular complexity index is 1090. The summed E-state index contributed by atoms with van der Waals surface area (Å²) in [4.78, 5) is 27.4. The van der Waals surface area contributed by atoms with E-state index in [0.29, 0.717) is 27.9 Å². The molecular weight excluding hydrogens is 358 g/mol. The number of aromatic nitrogens is 3. The van der Waals surface area contributed by atoms with E-state index < -0.39 is 11.9 Å². The van der Waals surface area contributed by atoms with Crippen molar-refractivity contribution in [3.05, 3.63) is 52.8 Å². The number of nitrogen functional groups attached to an aromatic ring is 1. The number of benzene rings is 1. The maximum absolute atomic E-state index is 11.7. The molecule has 130 valence electrons. The van der Waals surface area contributed by atoms with Gasteiger partial charge in [0.25, 0.3) is 5.91 Å². The number of fused-ring (bicyclic) bond motifs is 1. The van der Waals surface area contributed by atoms with Crippen LogP contribution in [-0.2, 0) is 4.79 Å². The van der Waals surface area contributed by atoms with Crippen LogP contribution in [0.4, 0.5) is 22.1 Å². The molecule has 0 bridgehead atoms. The molecule has 0 spiro atoms. The van der Waals surface area contributed by atoms with E-state index in [-0.39, 0.29) is 5.70 Å².